The number of benzene rings is 1. The first kappa shape index (κ1) is 11.3. The van der Waals surface area contributed by atoms with Gasteiger partial charge in [0.25, 0.3) is 0 Å². The number of nitrogens with one attached hydrogen (secondary N) is 2. The molecule has 0 saturated heterocycles. The summed E-state index contributed by atoms with van der Waals surface area (Å²) >= 11 is 0. The Labute approximate surface area is 99.5 Å². The average Bonchev–Trinajstić information content (AvgIpc) is 2.79. The van der Waals surface area contributed by atoms with Gasteiger partial charge in [0.05, 0.1) is 30.3 Å². The number of anilines is 1. The molecule has 0 radical (unpaired) electrons. The van der Waals surface area contributed by atoms with Crippen molar-refractivity contribution in [2.24, 2.45) is 0 Å². The highest BCUT2D eigenvalue weighted by atomic mass is 16.1. The summed E-state index contributed by atoms with van der Waals surface area (Å²) in [7, 11) is 1.73. The minimum Gasteiger partial charge on any atom is -0.322 e. The van der Waals surface area contributed by atoms with Gasteiger partial charge in [0, 0.05) is 0 Å². The van der Waals surface area contributed by atoms with Crippen LogP contribution in [0.1, 0.15) is 0 Å². The topological polar surface area (TPSA) is 59.0 Å². The van der Waals surface area contributed by atoms with Gasteiger partial charge in [-0.15, -0.1) is 0 Å². The van der Waals surface area contributed by atoms with Gasteiger partial charge in [-0.2, -0.15) is 5.10 Å². The van der Waals surface area contributed by atoms with Crippen LogP contribution in [0.15, 0.2) is 42.7 Å². The minimum absolute atomic E-state index is 0.0832. The summed E-state index contributed by atoms with van der Waals surface area (Å²) in [5.41, 5.74) is 1.65. The van der Waals surface area contributed by atoms with Crippen LogP contribution >= 0.6 is 0 Å². The molecular formula is C12H14N4O. The normalized spacial score (nSPS) is 10.2. The first-order chi connectivity index (χ1) is 8.29. The molecule has 5 heteroatoms. The number of para-hydroxylation sites is 1. The zero-order chi connectivity index (χ0) is 12.1. The standard InChI is InChI=1S/C12H14N4O/c1-13-8-12(17)15-10-7-14-16(9-10)11-5-3-2-4-6-11/h2-7,9,13H,8H2,1H3,(H,15,17). The van der Waals surface area contributed by atoms with Crippen molar-refractivity contribution >= 4 is 11.6 Å². The molecule has 0 saturated carbocycles. The maximum Gasteiger partial charge on any atom is 0.238 e. The number of carbonyl (C=O) groups excluding carboxylic acids is 1. The molecule has 1 aromatic carbocycles. The van der Waals surface area contributed by atoms with Crippen molar-refractivity contribution in [3.63, 3.8) is 0 Å². The van der Waals surface area contributed by atoms with E-state index in [1.54, 1.807) is 24.1 Å². The smallest absolute Gasteiger partial charge is 0.238 e. The predicted molar refractivity (Wildman–Crippen MR) is 66.1 cm³/mol. The van der Waals surface area contributed by atoms with Gasteiger partial charge >= 0.3 is 0 Å². The molecule has 0 aliphatic rings. The maximum absolute atomic E-state index is 11.3. The molecule has 0 aliphatic carbocycles. The van der Waals surface area contributed by atoms with Gasteiger partial charge < -0.3 is 10.6 Å². The highest BCUT2D eigenvalue weighted by Crippen LogP contribution is 2.10. The van der Waals surface area contributed by atoms with Crippen LogP contribution in [-0.4, -0.2) is 29.3 Å². The molecule has 0 aliphatic heterocycles. The number of aromatic nitrogens is 2. The number of likely N-dealkylation sites (N-methyl/N-ethyl adjacent to an activating group) is 1. The molecule has 0 fully saturated rings. The van der Waals surface area contributed by atoms with Gasteiger partial charge in [-0.05, 0) is 19.2 Å². The third kappa shape index (κ3) is 2.92. The molecule has 17 heavy (non-hydrogen) atoms. The number of carbonyl (C=O) groups is 1. The van der Waals surface area contributed by atoms with Crippen molar-refractivity contribution in [2.75, 3.05) is 18.9 Å². The zero-order valence-electron chi connectivity index (χ0n) is 9.55. The maximum atomic E-state index is 11.3. The lowest BCUT2D eigenvalue weighted by atomic mass is 10.3. The first-order valence-electron chi connectivity index (χ1n) is 5.34. The number of amides is 1. The summed E-state index contributed by atoms with van der Waals surface area (Å²) in [5.74, 6) is -0.0832. The molecule has 1 heterocycles. The van der Waals surface area contributed by atoms with Crippen LogP contribution in [0.3, 0.4) is 0 Å². The van der Waals surface area contributed by atoms with E-state index < -0.39 is 0 Å². The van der Waals surface area contributed by atoms with E-state index >= 15 is 0 Å². The monoisotopic (exact) mass is 230 g/mol. The second-order valence-corrected chi connectivity index (χ2v) is 3.59. The van der Waals surface area contributed by atoms with Crippen molar-refractivity contribution in [3.8, 4) is 5.69 Å². The lowest BCUT2D eigenvalue weighted by Gasteiger charge is -2.01. The molecule has 1 amide bonds. The van der Waals surface area contributed by atoms with Crippen LogP contribution in [-0.2, 0) is 4.79 Å². The summed E-state index contributed by atoms with van der Waals surface area (Å²) in [6.45, 7) is 0.288. The lowest BCUT2D eigenvalue weighted by Crippen LogP contribution is -2.24. The van der Waals surface area contributed by atoms with E-state index in [-0.39, 0.29) is 12.5 Å². The van der Waals surface area contributed by atoms with Crippen LogP contribution in [0.4, 0.5) is 5.69 Å². The van der Waals surface area contributed by atoms with Gasteiger partial charge in [0.1, 0.15) is 0 Å². The fourth-order valence-corrected chi connectivity index (χ4v) is 1.48. The second kappa shape index (κ2) is 5.27. The molecular weight excluding hydrogens is 216 g/mol. The molecule has 88 valence electrons. The summed E-state index contributed by atoms with van der Waals surface area (Å²) < 4.78 is 1.72. The molecule has 2 aromatic rings. The van der Waals surface area contributed by atoms with E-state index in [2.05, 4.69) is 15.7 Å². The van der Waals surface area contributed by atoms with Gasteiger partial charge in [-0.3, -0.25) is 4.79 Å². The van der Waals surface area contributed by atoms with Gasteiger partial charge in [-0.25, -0.2) is 4.68 Å². The van der Waals surface area contributed by atoms with E-state index in [0.717, 1.165) is 5.69 Å². The molecule has 2 rings (SSSR count). The quantitative estimate of drug-likeness (QED) is 0.824. The van der Waals surface area contributed by atoms with E-state index in [1.165, 1.54) is 0 Å². The fourth-order valence-electron chi connectivity index (χ4n) is 1.48. The van der Waals surface area contributed by atoms with Gasteiger partial charge in [-0.1, -0.05) is 18.2 Å². The Bertz CT molecular complexity index is 492. The Morgan fingerprint density at radius 1 is 1.35 bits per heavy atom. The van der Waals surface area contributed by atoms with Crippen molar-refractivity contribution in [3.05, 3.63) is 42.7 Å². The number of hydrogen-bond acceptors (Lipinski definition) is 3. The van der Waals surface area contributed by atoms with Crippen molar-refractivity contribution in [2.45, 2.75) is 0 Å². The summed E-state index contributed by atoms with van der Waals surface area (Å²) in [6.07, 6.45) is 3.41. The fraction of sp³-hybridized carbons (Fsp3) is 0.167. The van der Waals surface area contributed by atoms with E-state index in [0.29, 0.717) is 5.69 Å². The third-order valence-electron chi connectivity index (χ3n) is 2.22. The van der Waals surface area contributed by atoms with E-state index in [9.17, 15) is 4.79 Å². The Morgan fingerprint density at radius 2 is 2.12 bits per heavy atom. The number of hydrogen-bond donors (Lipinski definition) is 2. The van der Waals surface area contributed by atoms with Crippen molar-refractivity contribution in [1.82, 2.24) is 15.1 Å². The van der Waals surface area contributed by atoms with Gasteiger partial charge in [0.2, 0.25) is 5.91 Å². The van der Waals surface area contributed by atoms with E-state index in [4.69, 9.17) is 0 Å². The van der Waals surface area contributed by atoms with Crippen LogP contribution in [0, 0.1) is 0 Å². The zero-order valence-corrected chi connectivity index (χ0v) is 9.55. The second-order valence-electron chi connectivity index (χ2n) is 3.59. The lowest BCUT2D eigenvalue weighted by molar-refractivity contribution is -0.115. The largest absolute Gasteiger partial charge is 0.322 e. The Hall–Kier alpha value is -2.14. The average molecular weight is 230 g/mol. The summed E-state index contributed by atoms with van der Waals surface area (Å²) in [4.78, 5) is 11.3. The SMILES string of the molecule is CNCC(=O)Nc1cnn(-c2ccccc2)c1. The predicted octanol–water partition coefficient (Wildman–Crippen LogP) is 1.03. The Morgan fingerprint density at radius 3 is 2.82 bits per heavy atom. The van der Waals surface area contributed by atoms with E-state index in [1.807, 2.05) is 30.3 Å². The van der Waals surface area contributed by atoms with Crippen LogP contribution in [0.2, 0.25) is 0 Å². The third-order valence-corrected chi connectivity index (χ3v) is 2.22. The van der Waals surface area contributed by atoms with Crippen LogP contribution < -0.4 is 10.6 Å². The van der Waals surface area contributed by atoms with Crippen LogP contribution in [0.5, 0.6) is 0 Å². The Balaban J connectivity index is 2.09. The number of nitrogens with zero attached hydrogens (tertiary/aromatic N) is 2. The highest BCUT2D eigenvalue weighted by molar-refractivity contribution is 5.91. The molecule has 0 spiro atoms. The van der Waals surface area contributed by atoms with Crippen molar-refractivity contribution in [1.29, 1.82) is 0 Å². The highest BCUT2D eigenvalue weighted by Gasteiger charge is 2.03. The molecule has 0 atom stereocenters. The van der Waals surface area contributed by atoms with Gasteiger partial charge in [0.15, 0.2) is 0 Å². The Kier molecular flexibility index (Phi) is 3.52. The molecule has 0 bridgehead atoms. The molecule has 5 nitrogen and oxygen atoms in total. The minimum atomic E-state index is -0.0832. The van der Waals surface area contributed by atoms with Crippen molar-refractivity contribution < 1.29 is 4.79 Å². The summed E-state index contributed by atoms with van der Waals surface area (Å²) in [5, 5.41) is 9.72. The molecule has 1 aromatic heterocycles. The number of rotatable bonds is 4. The molecule has 0 unspecified atom stereocenters. The first-order valence-corrected chi connectivity index (χ1v) is 5.34. The summed E-state index contributed by atoms with van der Waals surface area (Å²) in [6, 6.07) is 9.73. The molecule has 2 N–H and O–H groups in total. The van der Waals surface area contributed by atoms with Crippen LogP contribution in [0.25, 0.3) is 5.69 Å².